The van der Waals surface area contributed by atoms with Crippen LogP contribution in [0.15, 0.2) is 36.4 Å². The summed E-state index contributed by atoms with van der Waals surface area (Å²) in [7, 11) is 0. The number of para-hydroxylation sites is 1. The molecular formula is C31H44ClN3O4. The van der Waals surface area contributed by atoms with Gasteiger partial charge in [-0.05, 0) is 72.1 Å². The van der Waals surface area contributed by atoms with Gasteiger partial charge in [-0.2, -0.15) is 0 Å². The highest BCUT2D eigenvalue weighted by molar-refractivity contribution is 6.34. The molecule has 0 aliphatic heterocycles. The van der Waals surface area contributed by atoms with Gasteiger partial charge in [0.2, 0.25) is 5.91 Å². The number of hydrogen-bond donors (Lipinski definition) is 2. The van der Waals surface area contributed by atoms with E-state index in [0.29, 0.717) is 22.8 Å². The molecule has 0 saturated heterocycles. The molecule has 0 radical (unpaired) electrons. The summed E-state index contributed by atoms with van der Waals surface area (Å²) in [5.74, 6) is -0.739. The van der Waals surface area contributed by atoms with Crippen LogP contribution in [0.4, 0.5) is 10.5 Å². The predicted molar refractivity (Wildman–Crippen MR) is 158 cm³/mol. The lowest BCUT2D eigenvalue weighted by atomic mass is 9.98. The molecule has 39 heavy (non-hydrogen) atoms. The van der Waals surface area contributed by atoms with Crippen molar-refractivity contribution >= 4 is 35.2 Å². The fourth-order valence-electron chi connectivity index (χ4n) is 4.49. The number of rotatable bonds is 11. The van der Waals surface area contributed by atoms with Gasteiger partial charge >= 0.3 is 6.09 Å². The second-order valence-corrected chi connectivity index (χ2v) is 11.6. The number of benzene rings is 2. The third-order valence-corrected chi connectivity index (χ3v) is 6.54. The monoisotopic (exact) mass is 557 g/mol. The van der Waals surface area contributed by atoms with Gasteiger partial charge in [-0.25, -0.2) is 4.79 Å². The van der Waals surface area contributed by atoms with E-state index in [1.165, 1.54) is 0 Å². The van der Waals surface area contributed by atoms with Crippen LogP contribution in [0.1, 0.15) is 88.6 Å². The first-order valence-electron chi connectivity index (χ1n) is 13.7. The maximum Gasteiger partial charge on any atom is 0.408 e. The van der Waals surface area contributed by atoms with E-state index >= 15 is 0 Å². The van der Waals surface area contributed by atoms with Crippen LogP contribution >= 0.6 is 11.6 Å². The van der Waals surface area contributed by atoms with E-state index in [4.69, 9.17) is 16.3 Å². The number of amides is 3. The summed E-state index contributed by atoms with van der Waals surface area (Å²) < 4.78 is 5.37. The summed E-state index contributed by atoms with van der Waals surface area (Å²) in [5.41, 5.74) is 3.28. The number of hydrogen-bond acceptors (Lipinski definition) is 4. The molecule has 0 aliphatic carbocycles. The number of alkyl carbamates (subject to hydrolysis) is 1. The van der Waals surface area contributed by atoms with E-state index < -0.39 is 23.8 Å². The topological polar surface area (TPSA) is 87.7 Å². The third-order valence-electron chi connectivity index (χ3n) is 6.23. The van der Waals surface area contributed by atoms with Gasteiger partial charge in [-0.3, -0.25) is 9.59 Å². The number of carbonyl (C=O) groups is 3. The summed E-state index contributed by atoms with van der Waals surface area (Å²) in [5, 5.41) is 6.06. The number of anilines is 1. The Bertz CT molecular complexity index is 1120. The van der Waals surface area contributed by atoms with Crippen LogP contribution in [0.25, 0.3) is 0 Å². The van der Waals surface area contributed by atoms with Crippen LogP contribution < -0.4 is 10.6 Å². The molecule has 0 bridgehead atoms. The lowest BCUT2D eigenvalue weighted by Crippen LogP contribution is -2.51. The number of nitrogens with zero attached hydrogens (tertiary/aromatic N) is 1. The molecule has 214 valence electrons. The molecular weight excluding hydrogens is 514 g/mol. The maximum atomic E-state index is 14.0. The van der Waals surface area contributed by atoms with E-state index in [2.05, 4.69) is 17.6 Å². The molecule has 2 rings (SSSR count). The summed E-state index contributed by atoms with van der Waals surface area (Å²) in [4.78, 5) is 42.0. The quantitative estimate of drug-likeness (QED) is 0.284. The standard InChI is InChI=1S/C31H44ClN3O4/c1-9-10-11-12-16-35(29(37)23(5)33-30(38)39-31(6,7)8)27(24-18-20(2)17-21(3)19-24)28(36)34-26-22(4)14-13-15-25(26)32/h13-15,17-19,23,27H,9-12,16H2,1-8H3,(H,33,38)(H,34,36). The molecule has 0 aromatic heterocycles. The van der Waals surface area contributed by atoms with Crippen LogP contribution in [0.2, 0.25) is 5.02 Å². The summed E-state index contributed by atoms with van der Waals surface area (Å²) >= 11 is 6.44. The van der Waals surface area contributed by atoms with Crippen molar-refractivity contribution in [3.05, 3.63) is 63.7 Å². The van der Waals surface area contributed by atoms with E-state index in [-0.39, 0.29) is 11.8 Å². The number of nitrogens with one attached hydrogen (secondary N) is 2. The molecule has 2 N–H and O–H groups in total. The number of aryl methyl sites for hydroxylation is 3. The molecule has 2 atom stereocenters. The molecule has 2 unspecified atom stereocenters. The Morgan fingerprint density at radius 1 is 1.00 bits per heavy atom. The molecule has 8 heteroatoms. The van der Waals surface area contributed by atoms with Gasteiger partial charge < -0.3 is 20.3 Å². The Hall–Kier alpha value is -3.06. The summed E-state index contributed by atoms with van der Waals surface area (Å²) in [6.45, 7) is 15.2. The Kier molecular flexibility index (Phi) is 11.8. The Labute approximate surface area is 238 Å². The zero-order valence-electron chi connectivity index (χ0n) is 24.6. The highest BCUT2D eigenvalue weighted by Gasteiger charge is 2.35. The molecule has 2 aromatic rings. The number of carbonyl (C=O) groups excluding carboxylic acids is 3. The van der Waals surface area contributed by atoms with Gasteiger partial charge in [0, 0.05) is 6.54 Å². The van der Waals surface area contributed by atoms with Crippen LogP contribution in [0, 0.1) is 20.8 Å². The van der Waals surface area contributed by atoms with E-state index in [0.717, 1.165) is 42.4 Å². The summed E-state index contributed by atoms with van der Waals surface area (Å²) in [6, 6.07) is 9.44. The fourth-order valence-corrected chi connectivity index (χ4v) is 4.76. The minimum atomic E-state index is -0.934. The average molecular weight is 558 g/mol. The zero-order valence-corrected chi connectivity index (χ0v) is 25.4. The van der Waals surface area contributed by atoms with Gasteiger partial charge in [-0.15, -0.1) is 0 Å². The van der Waals surface area contributed by atoms with Gasteiger partial charge in [0.05, 0.1) is 10.7 Å². The van der Waals surface area contributed by atoms with Crippen molar-refractivity contribution in [2.45, 2.75) is 98.8 Å². The van der Waals surface area contributed by atoms with Crippen LogP contribution in [0.5, 0.6) is 0 Å². The Balaban J connectivity index is 2.52. The highest BCUT2D eigenvalue weighted by Crippen LogP contribution is 2.30. The summed E-state index contributed by atoms with van der Waals surface area (Å²) in [6.07, 6.45) is 3.01. The molecule has 2 aromatic carbocycles. The van der Waals surface area contributed by atoms with Crippen molar-refractivity contribution in [2.24, 2.45) is 0 Å². The van der Waals surface area contributed by atoms with E-state index in [9.17, 15) is 14.4 Å². The van der Waals surface area contributed by atoms with Crippen molar-refractivity contribution in [1.29, 1.82) is 0 Å². The first kappa shape index (κ1) is 32.2. The Morgan fingerprint density at radius 2 is 1.64 bits per heavy atom. The number of unbranched alkanes of at least 4 members (excludes halogenated alkanes) is 3. The molecule has 0 fully saturated rings. The molecule has 3 amide bonds. The predicted octanol–water partition coefficient (Wildman–Crippen LogP) is 7.27. The Morgan fingerprint density at radius 3 is 2.21 bits per heavy atom. The first-order valence-corrected chi connectivity index (χ1v) is 14.1. The van der Waals surface area contributed by atoms with Gasteiger partial charge in [0.15, 0.2) is 0 Å². The second-order valence-electron chi connectivity index (χ2n) is 11.2. The van der Waals surface area contributed by atoms with Crippen molar-refractivity contribution in [2.75, 3.05) is 11.9 Å². The smallest absolute Gasteiger partial charge is 0.408 e. The van der Waals surface area contributed by atoms with Crippen LogP contribution in [0.3, 0.4) is 0 Å². The largest absolute Gasteiger partial charge is 0.444 e. The van der Waals surface area contributed by atoms with E-state index in [1.807, 2.05) is 51.1 Å². The lowest BCUT2D eigenvalue weighted by Gasteiger charge is -2.34. The second kappa shape index (κ2) is 14.4. The number of halogens is 1. The van der Waals surface area contributed by atoms with E-state index in [1.54, 1.807) is 38.7 Å². The molecule has 0 spiro atoms. The average Bonchev–Trinajstić information content (AvgIpc) is 2.81. The maximum absolute atomic E-state index is 14.0. The SMILES string of the molecule is CCCCCCN(C(=O)C(C)NC(=O)OC(C)(C)C)C(C(=O)Nc1c(C)cccc1Cl)c1cc(C)cc(C)c1. The fraction of sp³-hybridized carbons (Fsp3) is 0.516. The molecule has 7 nitrogen and oxygen atoms in total. The van der Waals surface area contributed by atoms with Gasteiger partial charge in [0.25, 0.3) is 5.91 Å². The van der Waals surface area contributed by atoms with Crippen molar-refractivity contribution in [1.82, 2.24) is 10.2 Å². The normalized spacial score (nSPS) is 12.8. The lowest BCUT2D eigenvalue weighted by molar-refractivity contribution is -0.140. The number of ether oxygens (including phenoxy) is 1. The molecule has 0 aliphatic rings. The first-order chi connectivity index (χ1) is 18.2. The van der Waals surface area contributed by atoms with Crippen molar-refractivity contribution in [3.63, 3.8) is 0 Å². The van der Waals surface area contributed by atoms with Gasteiger partial charge in [0.1, 0.15) is 17.7 Å². The van der Waals surface area contributed by atoms with Crippen LogP contribution in [-0.4, -0.2) is 41.0 Å². The molecule has 0 heterocycles. The third kappa shape index (κ3) is 9.88. The minimum absolute atomic E-state index is 0.353. The van der Waals surface area contributed by atoms with Gasteiger partial charge in [-0.1, -0.05) is 79.2 Å². The van der Waals surface area contributed by atoms with Crippen molar-refractivity contribution < 1.29 is 19.1 Å². The van der Waals surface area contributed by atoms with Crippen molar-refractivity contribution in [3.8, 4) is 0 Å². The molecule has 0 saturated carbocycles. The minimum Gasteiger partial charge on any atom is -0.444 e. The zero-order chi connectivity index (χ0) is 29.3. The van der Waals surface area contributed by atoms with Crippen LogP contribution in [-0.2, 0) is 14.3 Å². The highest BCUT2D eigenvalue weighted by atomic mass is 35.5.